The summed E-state index contributed by atoms with van der Waals surface area (Å²) >= 11 is 1.33. The first kappa shape index (κ1) is 12.4. The molecule has 0 saturated heterocycles. The molecule has 0 bridgehead atoms. The molecule has 0 atom stereocenters. The maximum atomic E-state index is 11.7. The lowest BCUT2D eigenvalue weighted by Gasteiger charge is -2.07. The third-order valence-corrected chi connectivity index (χ3v) is 3.20. The second kappa shape index (κ2) is 5.17. The Hall–Kier alpha value is -2.61. The molecule has 0 amide bonds. The predicted molar refractivity (Wildman–Crippen MR) is 74.6 cm³/mol. The van der Waals surface area contributed by atoms with E-state index in [-0.39, 0.29) is 11.5 Å². The van der Waals surface area contributed by atoms with E-state index in [0.717, 1.165) is 5.69 Å². The maximum absolute atomic E-state index is 11.7. The molecule has 3 rings (SSSR count). The molecule has 0 spiro atoms. The molecule has 0 radical (unpaired) electrons. The van der Waals surface area contributed by atoms with Crippen LogP contribution in [0, 0.1) is 0 Å². The summed E-state index contributed by atoms with van der Waals surface area (Å²) in [6.07, 6.45) is 0. The Morgan fingerprint density at radius 3 is 2.70 bits per heavy atom. The molecule has 2 aromatic heterocycles. The van der Waals surface area contributed by atoms with Crippen molar-refractivity contribution in [2.75, 3.05) is 5.32 Å². The highest BCUT2D eigenvalue weighted by atomic mass is 32.1. The zero-order chi connectivity index (χ0) is 13.9. The van der Waals surface area contributed by atoms with Gasteiger partial charge in [0, 0.05) is 6.92 Å². The lowest BCUT2D eigenvalue weighted by molar-refractivity contribution is 0.101. The molecule has 0 saturated carbocycles. The van der Waals surface area contributed by atoms with Crippen molar-refractivity contribution >= 4 is 28.1 Å². The van der Waals surface area contributed by atoms with E-state index in [0.29, 0.717) is 10.9 Å². The maximum Gasteiger partial charge on any atom is 0.211 e. The quantitative estimate of drug-likeness (QED) is 0.739. The van der Waals surface area contributed by atoms with Gasteiger partial charge < -0.3 is 5.32 Å². The minimum atomic E-state index is -0.167. The van der Waals surface area contributed by atoms with E-state index in [2.05, 4.69) is 25.8 Å². The van der Waals surface area contributed by atoms with Crippen LogP contribution in [0.2, 0.25) is 0 Å². The predicted octanol–water partition coefficient (Wildman–Crippen LogP) is 2.06. The smallest absolute Gasteiger partial charge is 0.211 e. The Bertz CT molecular complexity index is 722. The van der Waals surface area contributed by atoms with Crippen LogP contribution in [0.25, 0.3) is 5.69 Å². The summed E-state index contributed by atoms with van der Waals surface area (Å²) in [5.41, 5.74) is 2.68. The van der Waals surface area contributed by atoms with Crippen molar-refractivity contribution < 1.29 is 4.79 Å². The number of hydrogen-bond donors (Lipinski definition) is 1. The van der Waals surface area contributed by atoms with Crippen LogP contribution >= 0.6 is 11.3 Å². The minimum absolute atomic E-state index is 0.167. The summed E-state index contributed by atoms with van der Waals surface area (Å²) in [5.74, 6) is 0.319. The number of carbonyl (C=O) groups excluding carboxylic acids is 1. The standard InChI is InChI=1S/C12H10N6OS/c1-8(19)10-11(14-12-16-13-7-20-12)18(17-15-10)9-5-3-2-4-6-9/h2-7H,1H3,(H,14,16). The van der Waals surface area contributed by atoms with Crippen molar-refractivity contribution in [3.05, 3.63) is 41.5 Å². The fraction of sp³-hybridized carbons (Fsp3) is 0.0833. The SMILES string of the molecule is CC(=O)c1nnn(-c2ccccc2)c1Nc1nncs1. The zero-order valence-electron chi connectivity index (χ0n) is 10.5. The molecule has 7 nitrogen and oxygen atoms in total. The minimum Gasteiger partial charge on any atom is -0.313 e. The number of nitrogens with zero attached hydrogens (tertiary/aromatic N) is 5. The van der Waals surface area contributed by atoms with Crippen LogP contribution in [0.3, 0.4) is 0 Å². The van der Waals surface area contributed by atoms with Gasteiger partial charge in [0.1, 0.15) is 5.51 Å². The Morgan fingerprint density at radius 1 is 1.25 bits per heavy atom. The van der Waals surface area contributed by atoms with Crippen LogP contribution in [0.1, 0.15) is 17.4 Å². The van der Waals surface area contributed by atoms with Crippen molar-refractivity contribution in [1.82, 2.24) is 25.2 Å². The normalized spacial score (nSPS) is 10.4. The molecular weight excluding hydrogens is 276 g/mol. The van der Waals surface area contributed by atoms with Gasteiger partial charge in [-0.3, -0.25) is 4.79 Å². The van der Waals surface area contributed by atoms with Gasteiger partial charge in [-0.05, 0) is 12.1 Å². The monoisotopic (exact) mass is 286 g/mol. The molecule has 0 fully saturated rings. The largest absolute Gasteiger partial charge is 0.313 e. The van der Waals surface area contributed by atoms with E-state index in [4.69, 9.17) is 0 Å². The number of aromatic nitrogens is 5. The van der Waals surface area contributed by atoms with E-state index in [1.807, 2.05) is 30.3 Å². The fourth-order valence-electron chi connectivity index (χ4n) is 1.71. The first-order valence-electron chi connectivity index (χ1n) is 5.81. The van der Waals surface area contributed by atoms with Crippen molar-refractivity contribution in [3.8, 4) is 5.69 Å². The molecule has 20 heavy (non-hydrogen) atoms. The van der Waals surface area contributed by atoms with E-state index in [1.54, 1.807) is 10.2 Å². The van der Waals surface area contributed by atoms with E-state index >= 15 is 0 Å². The lowest BCUT2D eigenvalue weighted by Crippen LogP contribution is -2.05. The van der Waals surface area contributed by atoms with Gasteiger partial charge in [0.2, 0.25) is 5.13 Å². The summed E-state index contributed by atoms with van der Waals surface area (Å²) in [7, 11) is 0. The van der Waals surface area contributed by atoms with Crippen LogP contribution in [0.4, 0.5) is 10.9 Å². The molecule has 8 heteroatoms. The Kier molecular flexibility index (Phi) is 3.21. The van der Waals surface area contributed by atoms with Gasteiger partial charge in [0.25, 0.3) is 0 Å². The fourth-order valence-corrected chi connectivity index (χ4v) is 2.15. The second-order valence-electron chi connectivity index (χ2n) is 3.96. The number of benzene rings is 1. The molecule has 0 aliphatic carbocycles. The van der Waals surface area contributed by atoms with E-state index in [9.17, 15) is 4.79 Å². The summed E-state index contributed by atoms with van der Waals surface area (Å²) in [5, 5.41) is 19.2. The van der Waals surface area contributed by atoms with Gasteiger partial charge in [-0.15, -0.1) is 15.3 Å². The molecule has 2 heterocycles. The number of hydrogen-bond acceptors (Lipinski definition) is 7. The Balaban J connectivity index is 2.09. The van der Waals surface area contributed by atoms with Crippen LogP contribution in [-0.2, 0) is 0 Å². The van der Waals surface area contributed by atoms with E-state index in [1.165, 1.54) is 18.3 Å². The molecule has 0 aliphatic heterocycles. The molecule has 0 unspecified atom stereocenters. The van der Waals surface area contributed by atoms with Gasteiger partial charge in [0.15, 0.2) is 17.3 Å². The third kappa shape index (κ3) is 2.28. The summed E-state index contributed by atoms with van der Waals surface area (Å²) in [6, 6.07) is 9.44. The van der Waals surface area contributed by atoms with Crippen LogP contribution < -0.4 is 5.32 Å². The average molecular weight is 286 g/mol. The molecule has 3 aromatic rings. The van der Waals surface area contributed by atoms with Gasteiger partial charge >= 0.3 is 0 Å². The summed E-state index contributed by atoms with van der Waals surface area (Å²) in [6.45, 7) is 1.45. The molecule has 1 aromatic carbocycles. The van der Waals surface area contributed by atoms with Gasteiger partial charge in [-0.1, -0.05) is 34.7 Å². The molecule has 100 valence electrons. The highest BCUT2D eigenvalue weighted by Gasteiger charge is 2.18. The highest BCUT2D eigenvalue weighted by Crippen LogP contribution is 2.23. The number of rotatable bonds is 4. The topological polar surface area (TPSA) is 85.6 Å². The lowest BCUT2D eigenvalue weighted by atomic mass is 10.3. The van der Waals surface area contributed by atoms with Crippen molar-refractivity contribution in [2.45, 2.75) is 6.92 Å². The number of nitrogens with one attached hydrogen (secondary N) is 1. The summed E-state index contributed by atoms with van der Waals surface area (Å²) < 4.78 is 1.57. The Morgan fingerprint density at radius 2 is 2.05 bits per heavy atom. The average Bonchev–Trinajstić information content (AvgIpc) is 3.10. The third-order valence-electron chi connectivity index (χ3n) is 2.59. The number of Topliss-reactive ketones (excluding diaryl/α,β-unsaturated/α-hetero) is 1. The molecule has 1 N–H and O–H groups in total. The van der Waals surface area contributed by atoms with Crippen molar-refractivity contribution in [1.29, 1.82) is 0 Å². The number of anilines is 2. The molecule has 0 aliphatic rings. The first-order valence-corrected chi connectivity index (χ1v) is 6.69. The number of ketones is 1. The van der Waals surface area contributed by atoms with Crippen LogP contribution in [-0.4, -0.2) is 31.0 Å². The first-order chi connectivity index (χ1) is 9.75. The van der Waals surface area contributed by atoms with Crippen LogP contribution in [0.5, 0.6) is 0 Å². The van der Waals surface area contributed by atoms with E-state index < -0.39 is 0 Å². The van der Waals surface area contributed by atoms with Gasteiger partial charge in [-0.25, -0.2) is 0 Å². The van der Waals surface area contributed by atoms with Gasteiger partial charge in [0.05, 0.1) is 5.69 Å². The molecular formula is C12H10N6OS. The van der Waals surface area contributed by atoms with Crippen LogP contribution in [0.15, 0.2) is 35.8 Å². The zero-order valence-corrected chi connectivity index (χ0v) is 11.3. The van der Waals surface area contributed by atoms with Crippen molar-refractivity contribution in [3.63, 3.8) is 0 Å². The second-order valence-corrected chi connectivity index (χ2v) is 4.79. The highest BCUT2D eigenvalue weighted by molar-refractivity contribution is 7.13. The number of carbonyl (C=O) groups is 1. The van der Waals surface area contributed by atoms with Gasteiger partial charge in [-0.2, -0.15) is 4.68 Å². The van der Waals surface area contributed by atoms with Crippen molar-refractivity contribution in [2.24, 2.45) is 0 Å². The summed E-state index contributed by atoms with van der Waals surface area (Å²) in [4.78, 5) is 11.7. The number of para-hydroxylation sites is 1. The Labute approximate surface area is 118 Å².